The van der Waals surface area contributed by atoms with Crippen LogP contribution in [0, 0.1) is 19.8 Å². The third kappa shape index (κ3) is 5.44. The molecule has 28 heavy (non-hydrogen) atoms. The summed E-state index contributed by atoms with van der Waals surface area (Å²) in [6.07, 6.45) is -1.56. The first-order chi connectivity index (χ1) is 13.2. The lowest BCUT2D eigenvalue weighted by Gasteiger charge is -2.34. The second kappa shape index (κ2) is 8.47. The number of hydrogen-bond acceptors (Lipinski definition) is 2. The summed E-state index contributed by atoms with van der Waals surface area (Å²) in [5.41, 5.74) is 2.43. The van der Waals surface area contributed by atoms with Crippen LogP contribution in [0.3, 0.4) is 0 Å². The van der Waals surface area contributed by atoms with Gasteiger partial charge in [0.2, 0.25) is 0 Å². The van der Waals surface area contributed by atoms with E-state index in [2.05, 4.69) is 15.2 Å². The Bertz CT molecular complexity index is 806. The summed E-state index contributed by atoms with van der Waals surface area (Å²) in [6, 6.07) is 9.50. The van der Waals surface area contributed by atoms with Crippen LogP contribution in [-0.4, -0.2) is 28.1 Å². The number of likely N-dealkylation sites (tertiary alicyclic amines) is 1. The molecule has 1 aliphatic heterocycles. The summed E-state index contributed by atoms with van der Waals surface area (Å²) in [5, 5.41) is 3.89. The number of hydrogen-bond donors (Lipinski definition) is 1. The molecule has 2 heterocycles. The molecule has 0 saturated carbocycles. The fourth-order valence-corrected chi connectivity index (χ4v) is 3.88. The van der Waals surface area contributed by atoms with E-state index in [1.807, 2.05) is 26.0 Å². The van der Waals surface area contributed by atoms with Gasteiger partial charge in [0.1, 0.15) is 5.82 Å². The van der Waals surface area contributed by atoms with Gasteiger partial charge in [-0.3, -0.25) is 0 Å². The maximum absolute atomic E-state index is 12.7. The molecule has 0 spiro atoms. The minimum atomic E-state index is -4.28. The number of thiocarbonyl (C=S) groups is 1. The van der Waals surface area contributed by atoms with Crippen LogP contribution in [0.25, 0.3) is 0 Å². The molecule has 2 aromatic rings. The topological polar surface area (TPSA) is 28.2 Å². The summed E-state index contributed by atoms with van der Waals surface area (Å²) >= 11 is 5.53. The second-order valence-electron chi connectivity index (χ2n) is 7.43. The molecule has 7 heteroatoms. The number of benzene rings is 1. The Morgan fingerprint density at radius 1 is 1.14 bits per heavy atom. The van der Waals surface area contributed by atoms with E-state index >= 15 is 0 Å². The molecule has 0 aliphatic carbocycles. The standard InChI is InChI=1S/C21H24F3N3S/c1-14-11-15(2)25-19(12-14)26-20(28)27-9-7-17(8-10-27)13-16-3-5-18(6-4-16)21(22,23)24/h3-6,11-12,17H,7-10,13H2,1-2H3,(H,25,26,28). The number of anilines is 1. The summed E-state index contributed by atoms with van der Waals surface area (Å²) < 4.78 is 38.0. The largest absolute Gasteiger partial charge is 0.416 e. The van der Waals surface area contributed by atoms with Gasteiger partial charge in [-0.15, -0.1) is 0 Å². The Morgan fingerprint density at radius 2 is 1.79 bits per heavy atom. The first-order valence-electron chi connectivity index (χ1n) is 9.38. The molecule has 0 amide bonds. The van der Waals surface area contributed by atoms with Gasteiger partial charge in [0.25, 0.3) is 0 Å². The minimum absolute atomic E-state index is 0.454. The summed E-state index contributed by atoms with van der Waals surface area (Å²) in [4.78, 5) is 6.60. The van der Waals surface area contributed by atoms with Gasteiger partial charge < -0.3 is 10.2 Å². The third-order valence-electron chi connectivity index (χ3n) is 5.04. The van der Waals surface area contributed by atoms with Crippen molar-refractivity contribution < 1.29 is 13.2 Å². The van der Waals surface area contributed by atoms with Crippen LogP contribution in [0.15, 0.2) is 36.4 Å². The van der Waals surface area contributed by atoms with Gasteiger partial charge in [0.15, 0.2) is 5.11 Å². The van der Waals surface area contributed by atoms with E-state index in [1.54, 1.807) is 12.1 Å². The molecule has 3 rings (SSSR count). The Kier molecular flexibility index (Phi) is 6.23. The van der Waals surface area contributed by atoms with Crippen LogP contribution >= 0.6 is 12.2 Å². The quantitative estimate of drug-likeness (QED) is 0.693. The van der Waals surface area contributed by atoms with E-state index in [0.29, 0.717) is 11.0 Å². The molecule has 0 unspecified atom stereocenters. The predicted octanol–water partition coefficient (Wildman–Crippen LogP) is 5.37. The smallest absolute Gasteiger partial charge is 0.349 e. The number of halogens is 3. The zero-order valence-electron chi connectivity index (χ0n) is 16.0. The van der Waals surface area contributed by atoms with Crippen LogP contribution in [0.4, 0.5) is 19.0 Å². The zero-order valence-corrected chi connectivity index (χ0v) is 16.8. The van der Waals surface area contributed by atoms with Crippen molar-refractivity contribution >= 4 is 23.1 Å². The Morgan fingerprint density at radius 3 is 2.36 bits per heavy atom. The van der Waals surface area contributed by atoms with E-state index in [9.17, 15) is 13.2 Å². The average Bonchev–Trinajstić information content (AvgIpc) is 2.61. The van der Waals surface area contributed by atoms with Gasteiger partial charge in [-0.2, -0.15) is 13.2 Å². The molecule has 1 aromatic heterocycles. The lowest BCUT2D eigenvalue weighted by atomic mass is 9.90. The minimum Gasteiger partial charge on any atom is -0.349 e. The average molecular weight is 408 g/mol. The van der Waals surface area contributed by atoms with Gasteiger partial charge in [0, 0.05) is 18.8 Å². The number of alkyl halides is 3. The van der Waals surface area contributed by atoms with Crippen molar-refractivity contribution in [2.45, 2.75) is 39.3 Å². The highest BCUT2D eigenvalue weighted by molar-refractivity contribution is 7.80. The molecule has 1 aliphatic rings. The summed E-state index contributed by atoms with van der Waals surface area (Å²) in [7, 11) is 0. The maximum atomic E-state index is 12.7. The Labute approximate surface area is 169 Å². The number of nitrogens with one attached hydrogen (secondary N) is 1. The molecule has 1 saturated heterocycles. The molecular formula is C21H24F3N3S. The normalized spacial score (nSPS) is 15.5. The van der Waals surface area contributed by atoms with E-state index in [-0.39, 0.29) is 0 Å². The molecule has 1 fully saturated rings. The molecule has 0 bridgehead atoms. The molecule has 3 nitrogen and oxygen atoms in total. The molecule has 1 aromatic carbocycles. The SMILES string of the molecule is Cc1cc(C)nc(NC(=S)N2CCC(Cc3ccc(C(F)(F)F)cc3)CC2)c1. The lowest BCUT2D eigenvalue weighted by Crippen LogP contribution is -2.41. The first-order valence-corrected chi connectivity index (χ1v) is 9.79. The second-order valence-corrected chi connectivity index (χ2v) is 7.82. The van der Waals surface area contributed by atoms with Crippen molar-refractivity contribution in [1.29, 1.82) is 0 Å². The van der Waals surface area contributed by atoms with Gasteiger partial charge >= 0.3 is 6.18 Å². The van der Waals surface area contributed by atoms with Crippen molar-refractivity contribution in [2.75, 3.05) is 18.4 Å². The summed E-state index contributed by atoms with van der Waals surface area (Å²) in [5.74, 6) is 1.21. The molecule has 150 valence electrons. The number of pyridine rings is 1. The van der Waals surface area contributed by atoms with Crippen LogP contribution in [0.2, 0.25) is 0 Å². The van der Waals surface area contributed by atoms with Crippen LogP contribution < -0.4 is 5.32 Å². The number of aromatic nitrogens is 1. The van der Waals surface area contributed by atoms with Gasteiger partial charge in [-0.05, 0) is 86.6 Å². The molecule has 0 atom stereocenters. The highest BCUT2D eigenvalue weighted by atomic mass is 32.1. The van der Waals surface area contributed by atoms with Gasteiger partial charge in [-0.25, -0.2) is 4.98 Å². The van der Waals surface area contributed by atoms with Gasteiger partial charge in [0.05, 0.1) is 5.56 Å². The monoisotopic (exact) mass is 407 g/mol. The number of piperidine rings is 1. The highest BCUT2D eigenvalue weighted by Crippen LogP contribution is 2.30. The van der Waals surface area contributed by atoms with E-state index in [4.69, 9.17) is 12.2 Å². The van der Waals surface area contributed by atoms with Crippen molar-refractivity contribution in [3.8, 4) is 0 Å². The predicted molar refractivity (Wildman–Crippen MR) is 109 cm³/mol. The van der Waals surface area contributed by atoms with E-state index < -0.39 is 11.7 Å². The van der Waals surface area contributed by atoms with Crippen molar-refractivity contribution in [3.05, 3.63) is 58.8 Å². The molecule has 1 N–H and O–H groups in total. The van der Waals surface area contributed by atoms with E-state index in [0.717, 1.165) is 55.0 Å². The molecule has 0 radical (unpaired) electrons. The number of aryl methyl sites for hydroxylation is 2. The van der Waals surface area contributed by atoms with Crippen molar-refractivity contribution in [2.24, 2.45) is 5.92 Å². The molecular weight excluding hydrogens is 383 g/mol. The fraction of sp³-hybridized carbons (Fsp3) is 0.429. The Hall–Kier alpha value is -2.15. The number of rotatable bonds is 3. The van der Waals surface area contributed by atoms with Gasteiger partial charge in [-0.1, -0.05) is 12.1 Å². The van der Waals surface area contributed by atoms with Crippen LogP contribution in [0.1, 0.15) is 35.2 Å². The van der Waals surface area contributed by atoms with E-state index in [1.165, 1.54) is 12.1 Å². The summed E-state index contributed by atoms with van der Waals surface area (Å²) in [6.45, 7) is 5.65. The van der Waals surface area contributed by atoms with Crippen molar-refractivity contribution in [3.63, 3.8) is 0 Å². The van der Waals surface area contributed by atoms with Crippen LogP contribution in [0.5, 0.6) is 0 Å². The third-order valence-corrected chi connectivity index (χ3v) is 5.40. The fourth-order valence-electron chi connectivity index (χ4n) is 3.60. The maximum Gasteiger partial charge on any atom is 0.416 e. The number of nitrogens with zero attached hydrogens (tertiary/aromatic N) is 2. The van der Waals surface area contributed by atoms with Crippen molar-refractivity contribution in [1.82, 2.24) is 9.88 Å². The Balaban J connectivity index is 1.50. The van der Waals surface area contributed by atoms with Crippen LogP contribution in [-0.2, 0) is 12.6 Å². The lowest BCUT2D eigenvalue weighted by molar-refractivity contribution is -0.137. The zero-order chi connectivity index (χ0) is 20.3. The first kappa shape index (κ1) is 20.6. The highest BCUT2D eigenvalue weighted by Gasteiger charge is 2.30.